The molecule has 3 rings (SSSR count). The lowest BCUT2D eigenvalue weighted by Gasteiger charge is -2.31. The van der Waals surface area contributed by atoms with Gasteiger partial charge in [-0.3, -0.25) is 14.5 Å². The lowest BCUT2D eigenvalue weighted by atomic mass is 9.98. The van der Waals surface area contributed by atoms with Crippen LogP contribution in [-0.4, -0.2) is 34.5 Å². The van der Waals surface area contributed by atoms with Crippen LogP contribution in [0.4, 0.5) is 10.5 Å². The average Bonchev–Trinajstić information content (AvgIpc) is 2.89. The van der Waals surface area contributed by atoms with Crippen LogP contribution in [0.3, 0.4) is 0 Å². The fraction of sp³-hybridized carbons (Fsp3) is 0.303. The minimum absolute atomic E-state index is 0.0393. The third-order valence-corrected chi connectivity index (χ3v) is 6.06. The number of carbonyl (C=O) groups is 3. The van der Waals surface area contributed by atoms with Gasteiger partial charge in [-0.1, -0.05) is 81.5 Å². The molecule has 0 radical (unpaired) electrons. The van der Waals surface area contributed by atoms with Crippen molar-refractivity contribution >= 4 is 40.4 Å². The molecule has 3 aromatic carbocycles. The first-order valence-electron chi connectivity index (χ1n) is 13.2. The van der Waals surface area contributed by atoms with Crippen LogP contribution in [0.5, 0.6) is 0 Å². The largest absolute Gasteiger partial charge is 0.444 e. The number of rotatable bonds is 9. The highest BCUT2D eigenvalue weighted by Crippen LogP contribution is 2.27. The standard InChI is InChI=1S/C33H37N3O4/c1-8-23-13-12-16-26(20-23)29(30(37)34-27-18-17-24-14-10-11-15-25(24)21-27)36(9-2)31(38)28(19-22(3)4)35-32(39)40-33(5,6)7/h2,8,10-18,20-22,28-29H,1,19H2,3-7H3,(H,34,37)(H,35,39). The highest BCUT2D eigenvalue weighted by atomic mass is 16.6. The molecule has 2 unspecified atom stereocenters. The van der Waals surface area contributed by atoms with E-state index in [1.165, 1.54) is 0 Å². The van der Waals surface area contributed by atoms with Crippen molar-refractivity contribution in [1.82, 2.24) is 10.2 Å². The van der Waals surface area contributed by atoms with Crippen LogP contribution in [0.15, 0.2) is 73.3 Å². The molecule has 0 saturated carbocycles. The molecule has 0 saturated heterocycles. The van der Waals surface area contributed by atoms with Gasteiger partial charge in [-0.2, -0.15) is 0 Å². The molecule has 7 heteroatoms. The molecule has 208 valence electrons. The van der Waals surface area contributed by atoms with Crippen molar-refractivity contribution in [1.29, 1.82) is 0 Å². The number of hydrogen-bond acceptors (Lipinski definition) is 4. The van der Waals surface area contributed by atoms with Crippen LogP contribution in [-0.2, 0) is 14.3 Å². The smallest absolute Gasteiger partial charge is 0.408 e. The Bertz CT molecular complexity index is 1430. The number of benzene rings is 3. The van der Waals surface area contributed by atoms with Gasteiger partial charge in [0.25, 0.3) is 11.8 Å². The highest BCUT2D eigenvalue weighted by molar-refractivity contribution is 6.01. The topological polar surface area (TPSA) is 87.7 Å². The predicted molar refractivity (Wildman–Crippen MR) is 160 cm³/mol. The molecule has 2 N–H and O–H groups in total. The maximum absolute atomic E-state index is 13.9. The highest BCUT2D eigenvalue weighted by Gasteiger charge is 2.36. The summed E-state index contributed by atoms with van der Waals surface area (Å²) in [6, 6.07) is 20.7. The third kappa shape index (κ3) is 7.97. The second-order valence-corrected chi connectivity index (χ2v) is 11.0. The van der Waals surface area contributed by atoms with E-state index in [0.717, 1.165) is 21.2 Å². The molecular weight excluding hydrogens is 502 g/mol. The number of hydrogen-bond donors (Lipinski definition) is 2. The Labute approximate surface area is 236 Å². The van der Waals surface area contributed by atoms with Crippen LogP contribution >= 0.6 is 0 Å². The number of anilines is 1. The zero-order chi connectivity index (χ0) is 29.4. The van der Waals surface area contributed by atoms with Gasteiger partial charge in [-0.25, -0.2) is 4.79 Å². The van der Waals surface area contributed by atoms with Gasteiger partial charge in [0.2, 0.25) is 0 Å². The molecule has 0 aliphatic heterocycles. The summed E-state index contributed by atoms with van der Waals surface area (Å²) in [5.41, 5.74) is 1.07. The summed E-state index contributed by atoms with van der Waals surface area (Å²) in [6.07, 6.45) is 7.10. The molecule has 3 amide bonds. The van der Waals surface area contributed by atoms with E-state index in [1.54, 1.807) is 51.1 Å². The van der Waals surface area contributed by atoms with Gasteiger partial charge in [-0.05, 0) is 73.2 Å². The van der Waals surface area contributed by atoms with Crippen molar-refractivity contribution in [3.8, 4) is 12.5 Å². The van der Waals surface area contributed by atoms with E-state index >= 15 is 0 Å². The molecule has 0 heterocycles. The van der Waals surface area contributed by atoms with Gasteiger partial charge in [0.1, 0.15) is 17.7 Å². The monoisotopic (exact) mass is 539 g/mol. The van der Waals surface area contributed by atoms with Gasteiger partial charge in [-0.15, -0.1) is 0 Å². The van der Waals surface area contributed by atoms with E-state index in [-0.39, 0.29) is 5.92 Å². The van der Waals surface area contributed by atoms with Gasteiger partial charge >= 0.3 is 6.09 Å². The van der Waals surface area contributed by atoms with E-state index in [2.05, 4.69) is 23.3 Å². The molecule has 2 atom stereocenters. The normalized spacial score (nSPS) is 12.6. The maximum atomic E-state index is 13.9. The zero-order valence-corrected chi connectivity index (χ0v) is 23.7. The lowest BCUT2D eigenvalue weighted by molar-refractivity contribution is -0.137. The fourth-order valence-electron chi connectivity index (χ4n) is 4.33. The number of amides is 3. The molecule has 0 aliphatic rings. The minimum atomic E-state index is -1.18. The van der Waals surface area contributed by atoms with E-state index in [0.29, 0.717) is 17.7 Å². The predicted octanol–water partition coefficient (Wildman–Crippen LogP) is 6.52. The molecular formula is C33H37N3O4. The number of nitrogens with zero attached hydrogens (tertiary/aromatic N) is 1. The van der Waals surface area contributed by atoms with Crippen LogP contribution in [0, 0.1) is 18.4 Å². The van der Waals surface area contributed by atoms with E-state index < -0.39 is 35.6 Å². The van der Waals surface area contributed by atoms with Crippen molar-refractivity contribution in [2.24, 2.45) is 5.92 Å². The Balaban J connectivity index is 2.00. The molecule has 0 aliphatic carbocycles. The first-order chi connectivity index (χ1) is 18.9. The number of alkyl carbamates (subject to hydrolysis) is 1. The Morgan fingerprint density at radius 1 is 1.02 bits per heavy atom. The molecule has 0 bridgehead atoms. The second-order valence-electron chi connectivity index (χ2n) is 11.0. The summed E-state index contributed by atoms with van der Waals surface area (Å²) < 4.78 is 5.39. The Hall–Kier alpha value is -4.57. The van der Waals surface area contributed by atoms with Crippen molar-refractivity contribution in [2.75, 3.05) is 5.32 Å². The molecule has 40 heavy (non-hydrogen) atoms. The number of nitrogens with one attached hydrogen (secondary N) is 2. The summed E-state index contributed by atoms with van der Waals surface area (Å²) in [5.74, 6) is -1.05. The number of carbonyl (C=O) groups excluding carboxylic acids is 3. The van der Waals surface area contributed by atoms with Crippen molar-refractivity contribution in [3.05, 3.63) is 84.4 Å². The quantitative estimate of drug-likeness (QED) is 0.239. The van der Waals surface area contributed by atoms with Gasteiger partial charge in [0, 0.05) is 11.7 Å². The van der Waals surface area contributed by atoms with Crippen LogP contribution in [0.2, 0.25) is 0 Å². The minimum Gasteiger partial charge on any atom is -0.444 e. The van der Waals surface area contributed by atoms with E-state index in [4.69, 9.17) is 11.2 Å². The van der Waals surface area contributed by atoms with Crippen molar-refractivity contribution in [3.63, 3.8) is 0 Å². The Morgan fingerprint density at radius 3 is 2.35 bits per heavy atom. The number of fused-ring (bicyclic) bond motifs is 1. The average molecular weight is 540 g/mol. The third-order valence-electron chi connectivity index (χ3n) is 6.06. The fourth-order valence-corrected chi connectivity index (χ4v) is 4.33. The van der Waals surface area contributed by atoms with Crippen molar-refractivity contribution < 1.29 is 19.1 Å². The summed E-state index contributed by atoms with van der Waals surface area (Å²) in [5, 5.41) is 7.57. The number of ether oxygens (including phenoxy) is 1. The first kappa shape index (κ1) is 30.0. The summed E-state index contributed by atoms with van der Waals surface area (Å²) in [4.78, 5) is 41.5. The van der Waals surface area contributed by atoms with Crippen LogP contribution < -0.4 is 10.6 Å². The first-order valence-corrected chi connectivity index (χ1v) is 13.2. The van der Waals surface area contributed by atoms with Gasteiger partial charge in [0.05, 0.1) is 0 Å². The second kappa shape index (κ2) is 13.0. The molecule has 0 aromatic heterocycles. The van der Waals surface area contributed by atoms with Gasteiger partial charge < -0.3 is 15.4 Å². The Morgan fingerprint density at radius 2 is 1.73 bits per heavy atom. The molecule has 7 nitrogen and oxygen atoms in total. The van der Waals surface area contributed by atoms with Crippen LogP contribution in [0.25, 0.3) is 16.8 Å². The zero-order valence-electron chi connectivity index (χ0n) is 23.7. The SMILES string of the molecule is C#CN(C(=O)C(CC(C)C)NC(=O)OC(C)(C)C)C(C(=O)Nc1ccc2ccccc2c1)c1cccc(C=C)c1. The number of terminal acetylenes is 1. The van der Waals surface area contributed by atoms with E-state index in [9.17, 15) is 14.4 Å². The molecule has 0 fully saturated rings. The summed E-state index contributed by atoms with van der Waals surface area (Å²) in [6.45, 7) is 12.9. The molecule has 3 aromatic rings. The van der Waals surface area contributed by atoms with Crippen LogP contribution in [0.1, 0.15) is 58.2 Å². The maximum Gasteiger partial charge on any atom is 0.408 e. The Kier molecular flexibility index (Phi) is 9.73. The van der Waals surface area contributed by atoms with E-state index in [1.807, 2.05) is 56.3 Å². The van der Waals surface area contributed by atoms with Crippen molar-refractivity contribution in [2.45, 2.75) is 58.7 Å². The van der Waals surface area contributed by atoms with Gasteiger partial charge in [0.15, 0.2) is 0 Å². The molecule has 0 spiro atoms. The summed E-state index contributed by atoms with van der Waals surface area (Å²) in [7, 11) is 0. The lowest BCUT2D eigenvalue weighted by Crippen LogP contribution is -2.51. The summed E-state index contributed by atoms with van der Waals surface area (Å²) >= 11 is 0.